The average Bonchev–Trinajstić information content (AvgIpc) is 3.23. The van der Waals surface area contributed by atoms with Crippen molar-refractivity contribution in [3.8, 4) is 0 Å². The van der Waals surface area contributed by atoms with Crippen molar-refractivity contribution >= 4 is 17.5 Å². The van der Waals surface area contributed by atoms with E-state index in [0.29, 0.717) is 28.4 Å². The Labute approximate surface area is 179 Å². The molecule has 3 aromatic rings. The van der Waals surface area contributed by atoms with E-state index in [0.717, 1.165) is 17.5 Å². The Kier molecular flexibility index (Phi) is 6.04. The molecule has 1 aromatic heterocycles. The largest absolute Gasteiger partial charge is 0.324 e. The number of fused-ring (bicyclic) bond motifs is 1. The summed E-state index contributed by atoms with van der Waals surface area (Å²) >= 11 is 0. The predicted octanol–water partition coefficient (Wildman–Crippen LogP) is 4.12. The van der Waals surface area contributed by atoms with Crippen LogP contribution in [0.4, 0.5) is 10.2 Å². The number of aromatic nitrogens is 1. The Morgan fingerprint density at radius 2 is 1.81 bits per heavy atom. The van der Waals surface area contributed by atoms with Gasteiger partial charge in [-0.25, -0.2) is 0 Å². The number of nitrogens with one attached hydrogen (secondary N) is 1. The van der Waals surface area contributed by atoms with E-state index < -0.39 is 18.0 Å². The molecule has 2 aromatic carbocycles. The van der Waals surface area contributed by atoms with Gasteiger partial charge in [0.05, 0.1) is 6.04 Å². The molecule has 2 amide bonds. The van der Waals surface area contributed by atoms with Gasteiger partial charge in [0.1, 0.15) is 0 Å². The van der Waals surface area contributed by atoms with E-state index in [1.165, 1.54) is 0 Å². The highest BCUT2D eigenvalue weighted by molar-refractivity contribution is 6.04. The summed E-state index contributed by atoms with van der Waals surface area (Å²) in [5.74, 6) is -0.911. The number of hydrogen-bond acceptors (Lipinski definition) is 4. The van der Waals surface area contributed by atoms with Gasteiger partial charge in [-0.1, -0.05) is 40.9 Å². The van der Waals surface area contributed by atoms with Gasteiger partial charge in [-0.15, -0.1) is 0 Å². The van der Waals surface area contributed by atoms with Gasteiger partial charge in [0, 0.05) is 36.1 Å². The molecule has 158 valence electrons. The minimum Gasteiger partial charge on any atom is -0.324 e. The lowest BCUT2D eigenvalue weighted by molar-refractivity contribution is -0.153. The third-order valence-corrected chi connectivity index (χ3v) is 5.55. The van der Waals surface area contributed by atoms with Crippen LogP contribution < -0.4 is 11.1 Å². The van der Waals surface area contributed by atoms with Crippen LogP contribution in [-0.2, 0) is 11.2 Å². The van der Waals surface area contributed by atoms with Gasteiger partial charge in [0.25, 0.3) is 11.8 Å². The van der Waals surface area contributed by atoms with Crippen LogP contribution in [-0.4, -0.2) is 21.9 Å². The zero-order chi connectivity index (χ0) is 21.8. The number of rotatable bonds is 6. The molecule has 4 rings (SSSR count). The monoisotopic (exact) mass is 418 g/mol. The number of carbonyl (C=O) groups is 2. The standard InChI is InChI=1S/C24H23FN4O2/c25-29(22-10-9-16-3-1-2-4-20(16)22)23(30)15-21(26)17-5-7-18(8-6-17)24(31)28-19-11-13-27-14-12-19/h1-8,11-14,21-22H,9-10,15,26H2,(H,27,28,31). The first-order valence-corrected chi connectivity index (χ1v) is 10.2. The second-order valence-corrected chi connectivity index (χ2v) is 7.58. The molecule has 6 nitrogen and oxygen atoms in total. The second-order valence-electron chi connectivity index (χ2n) is 7.58. The molecule has 3 N–H and O–H groups in total. The summed E-state index contributed by atoms with van der Waals surface area (Å²) in [6, 6.07) is 16.4. The highest BCUT2D eigenvalue weighted by atomic mass is 19.2. The Morgan fingerprint density at radius 1 is 1.10 bits per heavy atom. The molecule has 0 saturated carbocycles. The van der Waals surface area contributed by atoms with Gasteiger partial charge in [-0.2, -0.15) is 5.12 Å². The zero-order valence-electron chi connectivity index (χ0n) is 16.9. The van der Waals surface area contributed by atoms with Gasteiger partial charge in [-0.05, 0) is 53.8 Å². The molecule has 1 aliphatic rings. The number of pyridine rings is 1. The molecule has 7 heteroatoms. The maximum atomic E-state index is 14.8. The van der Waals surface area contributed by atoms with Crippen molar-refractivity contribution in [3.63, 3.8) is 0 Å². The van der Waals surface area contributed by atoms with E-state index in [9.17, 15) is 14.1 Å². The molecule has 0 aliphatic heterocycles. The number of carbonyl (C=O) groups excluding carboxylic acids is 2. The van der Waals surface area contributed by atoms with Crippen LogP contribution in [0.25, 0.3) is 0 Å². The summed E-state index contributed by atoms with van der Waals surface area (Å²) in [7, 11) is 0. The predicted molar refractivity (Wildman–Crippen MR) is 116 cm³/mol. The number of benzene rings is 2. The first-order chi connectivity index (χ1) is 15.0. The molecule has 0 saturated heterocycles. The van der Waals surface area contributed by atoms with Crippen LogP contribution in [0.5, 0.6) is 0 Å². The van der Waals surface area contributed by atoms with E-state index in [4.69, 9.17) is 5.73 Å². The Morgan fingerprint density at radius 3 is 2.55 bits per heavy atom. The first kappa shape index (κ1) is 20.7. The quantitative estimate of drug-likeness (QED) is 0.590. The Hall–Kier alpha value is -3.58. The fourth-order valence-corrected chi connectivity index (χ4v) is 3.86. The van der Waals surface area contributed by atoms with Gasteiger partial charge in [-0.3, -0.25) is 14.6 Å². The van der Waals surface area contributed by atoms with Gasteiger partial charge < -0.3 is 11.1 Å². The fourth-order valence-electron chi connectivity index (χ4n) is 3.86. The summed E-state index contributed by atoms with van der Waals surface area (Å²) < 4.78 is 14.8. The van der Waals surface area contributed by atoms with Crippen molar-refractivity contribution in [3.05, 3.63) is 95.3 Å². The molecule has 2 atom stereocenters. The number of nitrogens with zero attached hydrogens (tertiary/aromatic N) is 2. The maximum absolute atomic E-state index is 14.8. The van der Waals surface area contributed by atoms with E-state index in [1.807, 2.05) is 24.3 Å². The molecule has 0 fully saturated rings. The number of halogens is 1. The van der Waals surface area contributed by atoms with Crippen molar-refractivity contribution < 1.29 is 14.1 Å². The summed E-state index contributed by atoms with van der Waals surface area (Å²) in [5, 5.41) is 3.09. The van der Waals surface area contributed by atoms with E-state index in [-0.39, 0.29) is 12.3 Å². The number of aryl methyl sites for hydroxylation is 1. The summed E-state index contributed by atoms with van der Waals surface area (Å²) in [5.41, 5.74) is 9.84. The smallest absolute Gasteiger partial charge is 0.255 e. The molecular formula is C24H23FN4O2. The zero-order valence-corrected chi connectivity index (χ0v) is 16.9. The Balaban J connectivity index is 1.37. The van der Waals surface area contributed by atoms with Crippen LogP contribution in [0.3, 0.4) is 0 Å². The average molecular weight is 418 g/mol. The summed E-state index contributed by atoms with van der Waals surface area (Å²) in [4.78, 5) is 28.7. The van der Waals surface area contributed by atoms with Crippen molar-refractivity contribution in [2.75, 3.05) is 5.32 Å². The number of nitrogens with two attached hydrogens (primary N) is 1. The number of hydrogen-bond donors (Lipinski definition) is 2. The molecule has 0 bridgehead atoms. The normalized spacial score (nSPS) is 15.7. The maximum Gasteiger partial charge on any atom is 0.255 e. The Bertz CT molecular complexity index is 1070. The summed E-state index contributed by atoms with van der Waals surface area (Å²) in [6.07, 6.45) is 4.35. The molecule has 2 unspecified atom stereocenters. The lowest BCUT2D eigenvalue weighted by atomic mass is 10.0. The van der Waals surface area contributed by atoms with Crippen LogP contribution in [0.2, 0.25) is 0 Å². The minimum absolute atomic E-state index is 0.155. The van der Waals surface area contributed by atoms with E-state index in [1.54, 1.807) is 48.8 Å². The molecule has 0 spiro atoms. The molecule has 1 aliphatic carbocycles. The minimum atomic E-state index is -0.667. The highest BCUT2D eigenvalue weighted by Crippen LogP contribution is 2.36. The van der Waals surface area contributed by atoms with Crippen molar-refractivity contribution in [1.29, 1.82) is 0 Å². The third kappa shape index (κ3) is 4.62. The van der Waals surface area contributed by atoms with Crippen LogP contribution in [0.1, 0.15) is 52.0 Å². The number of anilines is 1. The van der Waals surface area contributed by atoms with Gasteiger partial charge >= 0.3 is 0 Å². The lowest BCUT2D eigenvalue weighted by Gasteiger charge is -2.22. The van der Waals surface area contributed by atoms with Crippen molar-refractivity contribution in [2.45, 2.75) is 31.3 Å². The van der Waals surface area contributed by atoms with Crippen LogP contribution in [0.15, 0.2) is 73.1 Å². The van der Waals surface area contributed by atoms with Gasteiger partial charge in [0.2, 0.25) is 0 Å². The summed E-state index contributed by atoms with van der Waals surface area (Å²) in [6.45, 7) is 0. The van der Waals surface area contributed by atoms with E-state index >= 15 is 0 Å². The highest BCUT2D eigenvalue weighted by Gasteiger charge is 2.32. The third-order valence-electron chi connectivity index (χ3n) is 5.55. The second kappa shape index (κ2) is 9.06. The molecule has 31 heavy (non-hydrogen) atoms. The fraction of sp³-hybridized carbons (Fsp3) is 0.208. The van der Waals surface area contributed by atoms with Crippen LogP contribution in [0, 0.1) is 0 Å². The number of amides is 2. The van der Waals surface area contributed by atoms with Crippen molar-refractivity contribution in [2.24, 2.45) is 5.73 Å². The van der Waals surface area contributed by atoms with Crippen LogP contribution >= 0.6 is 0 Å². The first-order valence-electron chi connectivity index (χ1n) is 10.2. The topological polar surface area (TPSA) is 88.3 Å². The lowest BCUT2D eigenvalue weighted by Crippen LogP contribution is -2.29. The SMILES string of the molecule is NC(CC(=O)N(F)C1CCc2ccccc21)c1ccc(C(=O)Nc2ccncc2)cc1. The molecule has 0 radical (unpaired) electrons. The van der Waals surface area contributed by atoms with Gasteiger partial charge in [0.15, 0.2) is 0 Å². The van der Waals surface area contributed by atoms with Crippen molar-refractivity contribution in [1.82, 2.24) is 10.1 Å². The van der Waals surface area contributed by atoms with E-state index in [2.05, 4.69) is 10.3 Å². The molecule has 1 heterocycles. The molecular weight excluding hydrogens is 395 g/mol.